The zero-order chi connectivity index (χ0) is 29.6. The monoisotopic (exact) mass is 606 g/mol. The molecule has 7 nitrogen and oxygen atoms in total. The predicted octanol–water partition coefficient (Wildman–Crippen LogP) is 7.24. The number of hydrogen-bond acceptors (Lipinski definition) is 7. The minimum atomic E-state index is -0.866. The summed E-state index contributed by atoms with van der Waals surface area (Å²) >= 11 is 6.49. The number of aromatic nitrogens is 2. The first-order valence-electron chi connectivity index (χ1n) is 13.5. The van der Waals surface area contributed by atoms with E-state index in [2.05, 4.69) is 20.2 Å². The number of hydrogen-bond donors (Lipinski definition) is 1. The number of furan rings is 1. The summed E-state index contributed by atoms with van der Waals surface area (Å²) in [5, 5.41) is 4.73. The van der Waals surface area contributed by atoms with Crippen molar-refractivity contribution in [2.45, 2.75) is 25.6 Å². The van der Waals surface area contributed by atoms with Crippen molar-refractivity contribution in [3.05, 3.63) is 107 Å². The SMILES string of the molecule is CN(C)C(CCS(C)=O)c1ccc(-c2ccc3ncnc(NCc4ccc(OCc5cccc(F)c5)c(Cl)c4)c3c2)o1. The molecule has 0 bridgehead atoms. The number of rotatable bonds is 12. The zero-order valence-electron chi connectivity index (χ0n) is 23.6. The van der Waals surface area contributed by atoms with Crippen molar-refractivity contribution in [1.82, 2.24) is 14.9 Å². The molecular formula is C32H32ClFN4O3S. The van der Waals surface area contributed by atoms with Crippen LogP contribution in [0.4, 0.5) is 10.2 Å². The van der Waals surface area contributed by atoms with E-state index in [-0.39, 0.29) is 18.5 Å². The number of ether oxygens (including phenoxy) is 1. The molecule has 2 heterocycles. The number of halogens is 2. The van der Waals surface area contributed by atoms with Crippen LogP contribution in [-0.2, 0) is 24.0 Å². The third kappa shape index (κ3) is 7.34. The first kappa shape index (κ1) is 29.7. The second kappa shape index (κ2) is 13.5. The van der Waals surface area contributed by atoms with Gasteiger partial charge in [0.1, 0.15) is 41.8 Å². The fourth-order valence-electron chi connectivity index (χ4n) is 4.72. The number of nitrogens with zero attached hydrogens (tertiary/aromatic N) is 3. The number of anilines is 1. The summed E-state index contributed by atoms with van der Waals surface area (Å²) in [5.74, 6) is 3.10. The van der Waals surface area contributed by atoms with E-state index in [4.69, 9.17) is 20.8 Å². The van der Waals surface area contributed by atoms with Crippen LogP contribution in [-0.4, -0.2) is 45.2 Å². The Morgan fingerprint density at radius 3 is 2.67 bits per heavy atom. The molecule has 2 unspecified atom stereocenters. The van der Waals surface area contributed by atoms with E-state index in [1.165, 1.54) is 18.5 Å². The molecule has 0 saturated heterocycles. The van der Waals surface area contributed by atoms with Crippen LogP contribution in [0.15, 0.2) is 83.5 Å². The second-order valence-corrected chi connectivity index (χ2v) is 12.2. The highest BCUT2D eigenvalue weighted by Gasteiger charge is 2.19. The van der Waals surface area contributed by atoms with Gasteiger partial charge >= 0.3 is 0 Å². The molecule has 0 aliphatic carbocycles. The summed E-state index contributed by atoms with van der Waals surface area (Å²) in [7, 11) is 3.13. The van der Waals surface area contributed by atoms with E-state index in [1.807, 2.05) is 62.6 Å². The lowest BCUT2D eigenvalue weighted by Crippen LogP contribution is -2.21. The predicted molar refractivity (Wildman–Crippen MR) is 167 cm³/mol. The van der Waals surface area contributed by atoms with E-state index < -0.39 is 10.8 Å². The molecule has 42 heavy (non-hydrogen) atoms. The molecule has 5 aromatic rings. The van der Waals surface area contributed by atoms with Crippen LogP contribution >= 0.6 is 11.6 Å². The first-order chi connectivity index (χ1) is 20.3. The molecular weight excluding hydrogens is 575 g/mol. The molecule has 10 heteroatoms. The van der Waals surface area contributed by atoms with Crippen molar-refractivity contribution in [3.63, 3.8) is 0 Å². The van der Waals surface area contributed by atoms with Gasteiger partial charge in [0.25, 0.3) is 0 Å². The first-order valence-corrected chi connectivity index (χ1v) is 15.6. The Bertz CT molecular complexity index is 1710. The lowest BCUT2D eigenvalue weighted by Gasteiger charge is -2.21. The largest absolute Gasteiger partial charge is 0.487 e. The fraction of sp³-hybridized carbons (Fsp3) is 0.250. The van der Waals surface area contributed by atoms with Crippen molar-refractivity contribution in [2.24, 2.45) is 0 Å². The molecule has 0 radical (unpaired) electrons. The highest BCUT2D eigenvalue weighted by molar-refractivity contribution is 7.84. The molecule has 2 atom stereocenters. The van der Waals surface area contributed by atoms with Crippen LogP contribution in [0.5, 0.6) is 5.75 Å². The van der Waals surface area contributed by atoms with Gasteiger partial charge < -0.3 is 14.5 Å². The Morgan fingerprint density at radius 2 is 1.90 bits per heavy atom. The van der Waals surface area contributed by atoms with Crippen LogP contribution in [0.3, 0.4) is 0 Å². The molecule has 0 aliphatic rings. The van der Waals surface area contributed by atoms with Gasteiger partial charge in [0.2, 0.25) is 0 Å². The van der Waals surface area contributed by atoms with Crippen LogP contribution in [0.2, 0.25) is 5.02 Å². The third-order valence-corrected chi connectivity index (χ3v) is 8.02. The van der Waals surface area contributed by atoms with Gasteiger partial charge in [-0.3, -0.25) is 9.11 Å². The van der Waals surface area contributed by atoms with Crippen LogP contribution in [0.1, 0.15) is 29.3 Å². The highest BCUT2D eigenvalue weighted by atomic mass is 35.5. The lowest BCUT2D eigenvalue weighted by molar-refractivity contribution is 0.254. The molecule has 3 aromatic carbocycles. The Kier molecular flexibility index (Phi) is 9.51. The Balaban J connectivity index is 1.30. The molecule has 218 valence electrons. The van der Waals surface area contributed by atoms with Crippen LogP contribution in [0.25, 0.3) is 22.2 Å². The number of fused-ring (bicyclic) bond motifs is 1. The van der Waals surface area contributed by atoms with E-state index in [1.54, 1.807) is 18.4 Å². The molecule has 0 spiro atoms. The molecule has 0 amide bonds. The van der Waals surface area contributed by atoms with Crippen molar-refractivity contribution < 1.29 is 17.8 Å². The van der Waals surface area contributed by atoms with Gasteiger partial charge in [-0.2, -0.15) is 0 Å². The normalized spacial score (nSPS) is 12.9. The third-order valence-electron chi connectivity index (χ3n) is 6.92. The summed E-state index contributed by atoms with van der Waals surface area (Å²) in [5.41, 5.74) is 3.38. The molecule has 0 aliphatic heterocycles. The van der Waals surface area contributed by atoms with E-state index >= 15 is 0 Å². The summed E-state index contributed by atoms with van der Waals surface area (Å²) in [6, 6.07) is 21.8. The minimum Gasteiger partial charge on any atom is -0.487 e. The lowest BCUT2D eigenvalue weighted by atomic mass is 10.1. The highest BCUT2D eigenvalue weighted by Crippen LogP contribution is 2.32. The van der Waals surface area contributed by atoms with E-state index in [0.29, 0.717) is 28.9 Å². The van der Waals surface area contributed by atoms with Crippen LogP contribution in [0, 0.1) is 5.82 Å². The summed E-state index contributed by atoms with van der Waals surface area (Å²) < 4.78 is 37.2. The summed E-state index contributed by atoms with van der Waals surface area (Å²) in [6.45, 7) is 0.700. The van der Waals surface area contributed by atoms with Gasteiger partial charge in [-0.15, -0.1) is 0 Å². The van der Waals surface area contributed by atoms with Crippen molar-refractivity contribution in [2.75, 3.05) is 31.4 Å². The maximum Gasteiger partial charge on any atom is 0.138 e. The van der Waals surface area contributed by atoms with Crippen molar-refractivity contribution in [1.29, 1.82) is 0 Å². The smallest absolute Gasteiger partial charge is 0.138 e. The zero-order valence-corrected chi connectivity index (χ0v) is 25.2. The van der Waals surface area contributed by atoms with Gasteiger partial charge in [0.15, 0.2) is 0 Å². The van der Waals surface area contributed by atoms with Crippen molar-refractivity contribution >= 4 is 39.1 Å². The molecule has 2 aromatic heterocycles. The van der Waals surface area contributed by atoms with E-state index in [0.717, 1.165) is 45.5 Å². The van der Waals surface area contributed by atoms with Gasteiger partial charge in [-0.1, -0.05) is 29.8 Å². The maximum absolute atomic E-state index is 13.4. The quantitative estimate of drug-likeness (QED) is 0.160. The summed E-state index contributed by atoms with van der Waals surface area (Å²) in [6.07, 6.45) is 4.00. The molecule has 5 rings (SSSR count). The van der Waals surface area contributed by atoms with Gasteiger partial charge in [0, 0.05) is 40.3 Å². The molecule has 0 saturated carbocycles. The fourth-order valence-corrected chi connectivity index (χ4v) is 5.53. The molecule has 0 fully saturated rings. The minimum absolute atomic E-state index is 0.0358. The van der Waals surface area contributed by atoms with Crippen molar-refractivity contribution in [3.8, 4) is 17.1 Å². The number of benzene rings is 3. The summed E-state index contributed by atoms with van der Waals surface area (Å²) in [4.78, 5) is 11.0. The average Bonchev–Trinajstić information content (AvgIpc) is 3.45. The van der Waals surface area contributed by atoms with Gasteiger partial charge in [-0.05, 0) is 86.2 Å². The van der Waals surface area contributed by atoms with Gasteiger partial charge in [0.05, 0.1) is 16.6 Å². The van der Waals surface area contributed by atoms with E-state index in [9.17, 15) is 8.60 Å². The topological polar surface area (TPSA) is 80.5 Å². The van der Waals surface area contributed by atoms with Gasteiger partial charge in [-0.25, -0.2) is 14.4 Å². The Hall–Kier alpha value is -3.79. The Labute approximate surface area is 252 Å². The average molecular weight is 607 g/mol. The Morgan fingerprint density at radius 1 is 1.05 bits per heavy atom. The molecule has 1 N–H and O–H groups in total. The second-order valence-electron chi connectivity index (χ2n) is 10.2. The maximum atomic E-state index is 13.4. The standard InChI is InChI=1S/C32H32ClFN4O3S/c1-38(2)28(13-14-42(3)39)31-12-11-29(41-31)23-8-9-27-25(17-23)32(37-20-36-27)35-18-21-7-10-30(26(33)16-21)40-19-22-5-4-6-24(34)15-22/h4-12,15-17,20,28H,13-14,18-19H2,1-3H3,(H,35,36,37). The van der Waals surface area contributed by atoms with Crippen LogP contribution < -0.4 is 10.1 Å². The number of nitrogens with one attached hydrogen (secondary N) is 1.